The van der Waals surface area contributed by atoms with Gasteiger partial charge in [-0.1, -0.05) is 24.3 Å². The van der Waals surface area contributed by atoms with E-state index in [0.717, 1.165) is 16.6 Å². The highest BCUT2D eigenvalue weighted by molar-refractivity contribution is 6.05. The number of pyridine rings is 1. The predicted molar refractivity (Wildman–Crippen MR) is 83.2 cm³/mol. The normalized spacial score (nSPS) is 10.7. The molecule has 0 amide bonds. The molecule has 0 bridgehead atoms. The lowest BCUT2D eigenvalue weighted by Gasteiger charge is -2.07. The zero-order valence-corrected chi connectivity index (χ0v) is 11.7. The maximum Gasteiger partial charge on any atom is 0.340 e. The number of ether oxygens (including phenoxy) is 1. The van der Waals surface area contributed by atoms with Gasteiger partial charge in [-0.15, -0.1) is 0 Å². The molecule has 0 spiro atoms. The number of benzene rings is 1. The third kappa shape index (κ3) is 2.25. The lowest BCUT2D eigenvalue weighted by atomic mass is 10.0. The first kappa shape index (κ1) is 13.2. The Balaban J connectivity index is 2.29. The van der Waals surface area contributed by atoms with E-state index in [1.165, 1.54) is 0 Å². The summed E-state index contributed by atoms with van der Waals surface area (Å²) < 4.78 is 7.11. The molecule has 4 heteroatoms. The Morgan fingerprint density at radius 1 is 1.14 bits per heavy atom. The van der Waals surface area contributed by atoms with Crippen molar-refractivity contribution in [3.8, 4) is 11.1 Å². The van der Waals surface area contributed by atoms with Crippen LogP contribution in [-0.2, 0) is 4.74 Å². The maximum atomic E-state index is 12.3. The molecule has 0 saturated carbocycles. The van der Waals surface area contributed by atoms with Crippen LogP contribution in [0.2, 0.25) is 0 Å². The molecule has 0 atom stereocenters. The van der Waals surface area contributed by atoms with Crippen LogP contribution in [0.5, 0.6) is 0 Å². The second-order valence-electron chi connectivity index (χ2n) is 4.72. The van der Waals surface area contributed by atoms with E-state index < -0.39 is 0 Å². The molecule has 21 heavy (non-hydrogen) atoms. The first-order valence-electron chi connectivity index (χ1n) is 6.84. The van der Waals surface area contributed by atoms with Crippen molar-refractivity contribution >= 4 is 17.2 Å². The molecule has 106 valence electrons. The molecule has 2 N–H and O–H groups in total. The van der Waals surface area contributed by atoms with Gasteiger partial charge < -0.3 is 14.9 Å². The minimum Gasteiger partial charge on any atom is -0.462 e. The lowest BCUT2D eigenvalue weighted by Crippen LogP contribution is -2.06. The minimum absolute atomic E-state index is 0.329. The molecule has 3 aromatic rings. The van der Waals surface area contributed by atoms with E-state index in [-0.39, 0.29) is 5.97 Å². The Morgan fingerprint density at radius 3 is 2.67 bits per heavy atom. The van der Waals surface area contributed by atoms with Gasteiger partial charge in [0, 0.05) is 29.2 Å². The number of fused-ring (bicyclic) bond motifs is 1. The fourth-order valence-electron chi connectivity index (χ4n) is 2.49. The van der Waals surface area contributed by atoms with Gasteiger partial charge in [0.1, 0.15) is 0 Å². The van der Waals surface area contributed by atoms with Crippen LogP contribution in [0, 0.1) is 0 Å². The summed E-state index contributed by atoms with van der Waals surface area (Å²) in [7, 11) is 0. The van der Waals surface area contributed by atoms with Crippen molar-refractivity contribution in [2.24, 2.45) is 0 Å². The summed E-state index contributed by atoms with van der Waals surface area (Å²) in [5.74, 6) is -0.329. The van der Waals surface area contributed by atoms with Gasteiger partial charge in [-0.25, -0.2) is 4.79 Å². The molecule has 2 heterocycles. The molecular weight excluding hydrogens is 264 g/mol. The number of nitrogen functional groups attached to an aromatic ring is 1. The lowest BCUT2D eigenvalue weighted by molar-refractivity contribution is 0.0529. The van der Waals surface area contributed by atoms with Gasteiger partial charge in [-0.05, 0) is 25.1 Å². The Hall–Kier alpha value is -2.75. The largest absolute Gasteiger partial charge is 0.462 e. The SMILES string of the molecule is CCOC(=O)c1c(-c2ccccc2N)cn2ccccc12. The number of esters is 1. The summed E-state index contributed by atoms with van der Waals surface area (Å²) in [5.41, 5.74) is 9.69. The highest BCUT2D eigenvalue weighted by atomic mass is 16.5. The van der Waals surface area contributed by atoms with Crippen molar-refractivity contribution in [2.75, 3.05) is 12.3 Å². The van der Waals surface area contributed by atoms with Gasteiger partial charge in [0.25, 0.3) is 0 Å². The number of nitrogens with zero attached hydrogens (tertiary/aromatic N) is 1. The monoisotopic (exact) mass is 280 g/mol. The second-order valence-corrected chi connectivity index (χ2v) is 4.72. The van der Waals surface area contributed by atoms with Gasteiger partial charge in [-0.2, -0.15) is 0 Å². The fourth-order valence-corrected chi connectivity index (χ4v) is 2.49. The van der Waals surface area contributed by atoms with Crippen molar-refractivity contribution in [3.05, 3.63) is 60.4 Å². The van der Waals surface area contributed by atoms with Crippen LogP contribution in [-0.4, -0.2) is 17.0 Å². The number of para-hydroxylation sites is 1. The van der Waals surface area contributed by atoms with E-state index in [1.54, 1.807) is 6.92 Å². The van der Waals surface area contributed by atoms with Gasteiger partial charge >= 0.3 is 5.97 Å². The minimum atomic E-state index is -0.329. The van der Waals surface area contributed by atoms with Crippen molar-refractivity contribution in [2.45, 2.75) is 6.92 Å². The number of nitrogens with two attached hydrogens (primary N) is 1. The Bertz CT molecular complexity index is 805. The molecule has 0 unspecified atom stereocenters. The Kier molecular flexibility index (Phi) is 3.36. The van der Waals surface area contributed by atoms with E-state index in [4.69, 9.17) is 10.5 Å². The molecule has 0 aliphatic carbocycles. The number of carbonyl (C=O) groups excluding carboxylic acids is 1. The van der Waals surface area contributed by atoms with Crippen LogP contribution in [0.25, 0.3) is 16.6 Å². The smallest absolute Gasteiger partial charge is 0.340 e. The molecule has 0 aliphatic heterocycles. The number of hydrogen-bond donors (Lipinski definition) is 1. The third-order valence-corrected chi connectivity index (χ3v) is 3.41. The first-order valence-corrected chi connectivity index (χ1v) is 6.84. The predicted octanol–water partition coefficient (Wildman–Crippen LogP) is 3.37. The number of anilines is 1. The van der Waals surface area contributed by atoms with Gasteiger partial charge in [0.15, 0.2) is 0 Å². The zero-order chi connectivity index (χ0) is 14.8. The van der Waals surface area contributed by atoms with Crippen molar-refractivity contribution in [3.63, 3.8) is 0 Å². The van der Waals surface area contributed by atoms with E-state index in [0.29, 0.717) is 17.9 Å². The maximum absolute atomic E-state index is 12.3. The number of aromatic nitrogens is 1. The summed E-state index contributed by atoms with van der Waals surface area (Å²) in [4.78, 5) is 12.3. The van der Waals surface area contributed by atoms with E-state index >= 15 is 0 Å². The van der Waals surface area contributed by atoms with Crippen LogP contribution in [0.15, 0.2) is 54.9 Å². The van der Waals surface area contributed by atoms with E-state index in [1.807, 2.05) is 59.3 Å². The van der Waals surface area contributed by atoms with Crippen molar-refractivity contribution < 1.29 is 9.53 Å². The van der Waals surface area contributed by atoms with Crippen molar-refractivity contribution in [1.29, 1.82) is 0 Å². The number of hydrogen-bond acceptors (Lipinski definition) is 3. The Morgan fingerprint density at radius 2 is 1.90 bits per heavy atom. The quantitative estimate of drug-likeness (QED) is 0.591. The summed E-state index contributed by atoms with van der Waals surface area (Å²) in [6.07, 6.45) is 3.81. The molecule has 4 nitrogen and oxygen atoms in total. The van der Waals surface area contributed by atoms with Crippen LogP contribution in [0.4, 0.5) is 5.69 Å². The van der Waals surface area contributed by atoms with E-state index in [2.05, 4.69) is 0 Å². The molecule has 0 aliphatic rings. The molecule has 0 fully saturated rings. The highest BCUT2D eigenvalue weighted by Gasteiger charge is 2.20. The molecule has 2 aromatic heterocycles. The van der Waals surface area contributed by atoms with E-state index in [9.17, 15) is 4.79 Å². The van der Waals surface area contributed by atoms with Gasteiger partial charge in [0.05, 0.1) is 17.7 Å². The Labute approximate surface area is 122 Å². The number of carbonyl (C=O) groups is 1. The van der Waals surface area contributed by atoms with Crippen LogP contribution in [0.1, 0.15) is 17.3 Å². The average molecular weight is 280 g/mol. The van der Waals surface area contributed by atoms with Crippen LogP contribution >= 0.6 is 0 Å². The third-order valence-electron chi connectivity index (χ3n) is 3.41. The second kappa shape index (κ2) is 5.32. The van der Waals surface area contributed by atoms with Gasteiger partial charge in [-0.3, -0.25) is 0 Å². The number of rotatable bonds is 3. The molecule has 3 rings (SSSR count). The van der Waals surface area contributed by atoms with Crippen LogP contribution in [0.3, 0.4) is 0 Å². The molecular formula is C17H16N2O2. The van der Waals surface area contributed by atoms with Gasteiger partial charge in [0.2, 0.25) is 0 Å². The van der Waals surface area contributed by atoms with Crippen molar-refractivity contribution in [1.82, 2.24) is 4.40 Å². The first-order chi connectivity index (χ1) is 10.2. The molecule has 0 saturated heterocycles. The standard InChI is InChI=1S/C17H16N2O2/c1-2-21-17(20)16-13(12-7-3-4-8-14(12)18)11-19-10-6-5-9-15(16)19/h3-11H,2,18H2,1H3. The summed E-state index contributed by atoms with van der Waals surface area (Å²) in [6, 6.07) is 13.2. The topological polar surface area (TPSA) is 56.7 Å². The highest BCUT2D eigenvalue weighted by Crippen LogP contribution is 2.33. The molecule has 1 aromatic carbocycles. The summed E-state index contributed by atoms with van der Waals surface area (Å²) in [6.45, 7) is 2.14. The fraction of sp³-hybridized carbons (Fsp3) is 0.118. The molecule has 0 radical (unpaired) electrons. The summed E-state index contributed by atoms with van der Waals surface area (Å²) >= 11 is 0. The zero-order valence-electron chi connectivity index (χ0n) is 11.7. The average Bonchev–Trinajstić information content (AvgIpc) is 2.87. The van der Waals surface area contributed by atoms with Crippen LogP contribution < -0.4 is 5.73 Å². The summed E-state index contributed by atoms with van der Waals surface area (Å²) in [5, 5.41) is 0.